The third-order valence-electron chi connectivity index (χ3n) is 6.40. The highest BCUT2D eigenvalue weighted by atomic mass is 16.3. The van der Waals surface area contributed by atoms with Gasteiger partial charge in [0.15, 0.2) is 5.54 Å². The molecule has 4 heteroatoms. The number of imidazole rings is 1. The van der Waals surface area contributed by atoms with Gasteiger partial charge < -0.3 is 4.42 Å². The summed E-state index contributed by atoms with van der Waals surface area (Å²) in [6.45, 7) is 9.27. The fraction of sp³-hybridized carbons (Fsp3) is 0.368. The summed E-state index contributed by atoms with van der Waals surface area (Å²) in [5.74, 6) is 0. The number of nitrogens with zero attached hydrogens (tertiary/aromatic N) is 3. The SMILES string of the molecule is CCC1(C)c2cccc3c2c2c(oc[n+]2C1(C)C)c1cncn13. The largest absolute Gasteiger partial charge is 0.401 e. The normalized spacial score (nSPS) is 22.6. The third kappa shape index (κ3) is 1.22. The van der Waals surface area contributed by atoms with Crippen LogP contribution >= 0.6 is 0 Å². The molecule has 116 valence electrons. The van der Waals surface area contributed by atoms with Gasteiger partial charge in [0.2, 0.25) is 5.58 Å². The van der Waals surface area contributed by atoms with Gasteiger partial charge in [0, 0.05) is 13.8 Å². The van der Waals surface area contributed by atoms with Gasteiger partial charge in [-0.2, -0.15) is 4.57 Å². The first kappa shape index (κ1) is 13.1. The second kappa shape index (κ2) is 3.75. The zero-order chi connectivity index (χ0) is 16.0. The van der Waals surface area contributed by atoms with Crippen molar-refractivity contribution in [3.63, 3.8) is 0 Å². The Morgan fingerprint density at radius 2 is 2.04 bits per heavy atom. The van der Waals surface area contributed by atoms with Crippen LogP contribution < -0.4 is 4.57 Å². The van der Waals surface area contributed by atoms with Crippen LogP contribution in [0.25, 0.3) is 27.5 Å². The average molecular weight is 306 g/mol. The summed E-state index contributed by atoms with van der Waals surface area (Å²) in [5, 5.41) is 1.30. The van der Waals surface area contributed by atoms with E-state index in [1.807, 2.05) is 18.9 Å². The summed E-state index contributed by atoms with van der Waals surface area (Å²) in [4.78, 5) is 4.35. The van der Waals surface area contributed by atoms with Gasteiger partial charge in [-0.1, -0.05) is 19.1 Å². The Morgan fingerprint density at radius 3 is 2.83 bits per heavy atom. The van der Waals surface area contributed by atoms with Crippen LogP contribution in [-0.4, -0.2) is 9.38 Å². The molecule has 0 bridgehead atoms. The number of aromatic nitrogens is 3. The third-order valence-corrected chi connectivity index (χ3v) is 6.40. The van der Waals surface area contributed by atoms with Crippen LogP contribution in [0, 0.1) is 0 Å². The molecule has 4 nitrogen and oxygen atoms in total. The Labute approximate surface area is 134 Å². The predicted molar refractivity (Wildman–Crippen MR) is 89.6 cm³/mol. The minimum absolute atomic E-state index is 0.0369. The molecule has 0 spiro atoms. The Kier molecular flexibility index (Phi) is 2.14. The van der Waals surface area contributed by atoms with Crippen molar-refractivity contribution in [3.05, 3.63) is 42.7 Å². The van der Waals surface area contributed by atoms with Gasteiger partial charge in [-0.3, -0.25) is 4.40 Å². The Bertz CT molecular complexity index is 1100. The number of hydrogen-bond acceptors (Lipinski definition) is 2. The molecule has 0 aliphatic carbocycles. The summed E-state index contributed by atoms with van der Waals surface area (Å²) in [7, 11) is 0. The van der Waals surface area contributed by atoms with Gasteiger partial charge >= 0.3 is 6.39 Å². The maximum absolute atomic E-state index is 6.03. The van der Waals surface area contributed by atoms with Gasteiger partial charge in [0.05, 0.1) is 28.8 Å². The molecule has 5 rings (SSSR count). The lowest BCUT2D eigenvalue weighted by Crippen LogP contribution is -2.64. The Balaban J connectivity index is 2.19. The number of fused-ring (bicyclic) bond motifs is 3. The first-order valence-electron chi connectivity index (χ1n) is 8.21. The van der Waals surface area contributed by atoms with Crippen LogP contribution in [0.5, 0.6) is 0 Å². The van der Waals surface area contributed by atoms with E-state index >= 15 is 0 Å². The quantitative estimate of drug-likeness (QED) is 0.499. The minimum Gasteiger partial charge on any atom is -0.401 e. The van der Waals surface area contributed by atoms with Crippen LogP contribution in [0.1, 0.15) is 39.7 Å². The van der Waals surface area contributed by atoms with Crippen LogP contribution in [0.15, 0.2) is 41.5 Å². The van der Waals surface area contributed by atoms with Crippen molar-refractivity contribution in [1.82, 2.24) is 9.38 Å². The first-order valence-corrected chi connectivity index (χ1v) is 8.21. The molecule has 23 heavy (non-hydrogen) atoms. The van der Waals surface area contributed by atoms with Gasteiger partial charge in [-0.05, 0) is 25.0 Å². The molecule has 0 N–H and O–H groups in total. The molecular weight excluding hydrogens is 286 g/mol. The highest BCUT2D eigenvalue weighted by Crippen LogP contribution is 2.48. The highest BCUT2D eigenvalue weighted by Gasteiger charge is 2.54. The maximum atomic E-state index is 6.03. The number of pyridine rings is 1. The lowest BCUT2D eigenvalue weighted by molar-refractivity contribution is -0.750. The van der Waals surface area contributed by atoms with Crippen molar-refractivity contribution >= 4 is 27.5 Å². The first-order chi connectivity index (χ1) is 11.0. The van der Waals surface area contributed by atoms with Gasteiger partial charge in [-0.25, -0.2) is 4.98 Å². The van der Waals surface area contributed by atoms with E-state index < -0.39 is 0 Å². The predicted octanol–water partition coefficient (Wildman–Crippen LogP) is 3.94. The van der Waals surface area contributed by atoms with E-state index in [9.17, 15) is 0 Å². The molecule has 1 aromatic carbocycles. The van der Waals surface area contributed by atoms with Gasteiger partial charge in [0.1, 0.15) is 5.52 Å². The molecule has 0 amide bonds. The molecule has 0 saturated carbocycles. The van der Waals surface area contributed by atoms with E-state index in [4.69, 9.17) is 4.42 Å². The molecule has 0 fully saturated rings. The van der Waals surface area contributed by atoms with Crippen LogP contribution in [0.4, 0.5) is 0 Å². The van der Waals surface area contributed by atoms with Crippen LogP contribution in [0.3, 0.4) is 0 Å². The Morgan fingerprint density at radius 1 is 1.22 bits per heavy atom. The zero-order valence-electron chi connectivity index (χ0n) is 13.9. The van der Waals surface area contributed by atoms with Crippen molar-refractivity contribution in [3.8, 4) is 0 Å². The lowest BCUT2D eigenvalue weighted by Gasteiger charge is -2.41. The smallest absolute Gasteiger partial charge is 0.336 e. The second-order valence-corrected chi connectivity index (χ2v) is 7.36. The molecule has 4 aromatic rings. The topological polar surface area (TPSA) is 34.3 Å². The molecule has 1 aliphatic rings. The van der Waals surface area contributed by atoms with E-state index in [2.05, 4.69) is 59.8 Å². The molecular formula is C19H20N3O+. The number of rotatable bonds is 1. The van der Waals surface area contributed by atoms with Crippen molar-refractivity contribution in [2.75, 3.05) is 0 Å². The summed E-state index contributed by atoms with van der Waals surface area (Å²) in [5.41, 5.74) is 5.73. The van der Waals surface area contributed by atoms with Gasteiger partial charge in [-0.15, -0.1) is 0 Å². The monoisotopic (exact) mass is 306 g/mol. The minimum atomic E-state index is -0.0628. The fourth-order valence-corrected chi connectivity index (χ4v) is 4.47. The molecule has 1 aliphatic heterocycles. The number of hydrogen-bond donors (Lipinski definition) is 0. The summed E-state index contributed by atoms with van der Waals surface area (Å²) in [6.07, 6.45) is 6.72. The Hall–Kier alpha value is -2.36. The van der Waals surface area contributed by atoms with Crippen LogP contribution in [-0.2, 0) is 11.0 Å². The summed E-state index contributed by atoms with van der Waals surface area (Å²) in [6, 6.07) is 6.63. The molecule has 4 heterocycles. The maximum Gasteiger partial charge on any atom is 0.336 e. The lowest BCUT2D eigenvalue weighted by atomic mass is 9.63. The van der Waals surface area contributed by atoms with Crippen molar-refractivity contribution in [2.24, 2.45) is 0 Å². The van der Waals surface area contributed by atoms with E-state index in [1.54, 1.807) is 0 Å². The molecule has 3 aromatic heterocycles. The van der Waals surface area contributed by atoms with Gasteiger partial charge in [0.25, 0.3) is 5.52 Å². The van der Waals surface area contributed by atoms with Crippen molar-refractivity contribution in [2.45, 2.75) is 45.1 Å². The number of benzene rings is 1. The molecule has 1 unspecified atom stereocenters. The van der Waals surface area contributed by atoms with E-state index in [1.165, 1.54) is 22.0 Å². The second-order valence-electron chi connectivity index (χ2n) is 7.36. The van der Waals surface area contributed by atoms with E-state index in [0.29, 0.717) is 0 Å². The molecule has 0 saturated heterocycles. The average Bonchev–Trinajstić information content (AvgIpc) is 3.18. The summed E-state index contributed by atoms with van der Waals surface area (Å²) < 4.78 is 10.5. The fourth-order valence-electron chi connectivity index (χ4n) is 4.47. The molecule has 1 atom stereocenters. The van der Waals surface area contributed by atoms with E-state index in [0.717, 1.165) is 17.5 Å². The standard InChI is InChI=1S/C19H20N3O/c1-5-19(4)12-7-6-8-13-15(12)16-17(14-9-20-10-21(13)14)23-11-22(16)18(19,2)3/h6-11H,5H2,1-4H3/q+1. The summed E-state index contributed by atoms with van der Waals surface area (Å²) >= 11 is 0. The number of oxazole rings is 1. The highest BCUT2D eigenvalue weighted by molar-refractivity contribution is 6.08. The van der Waals surface area contributed by atoms with Crippen molar-refractivity contribution in [1.29, 1.82) is 0 Å². The van der Waals surface area contributed by atoms with Crippen LogP contribution in [0.2, 0.25) is 0 Å². The van der Waals surface area contributed by atoms with Crippen molar-refractivity contribution < 1.29 is 8.98 Å². The zero-order valence-corrected chi connectivity index (χ0v) is 13.9. The molecule has 0 radical (unpaired) electrons. The van der Waals surface area contributed by atoms with E-state index in [-0.39, 0.29) is 11.0 Å².